The Kier molecular flexibility index (Phi) is 4.13. The molecule has 3 nitrogen and oxygen atoms in total. The van der Waals surface area contributed by atoms with Gasteiger partial charge in [0.15, 0.2) is 0 Å². The topological polar surface area (TPSA) is 41.1 Å². The maximum absolute atomic E-state index is 12.8. The molecule has 0 atom stereocenters. The molecule has 4 heteroatoms. The summed E-state index contributed by atoms with van der Waals surface area (Å²) in [5.74, 6) is -0.547. The second-order valence-corrected chi connectivity index (χ2v) is 4.04. The molecule has 0 saturated carbocycles. The highest BCUT2D eigenvalue weighted by molar-refractivity contribution is 6.08. The lowest BCUT2D eigenvalue weighted by Crippen LogP contribution is -2.14. The van der Waals surface area contributed by atoms with Gasteiger partial charge in [0.05, 0.1) is 5.56 Å². The highest BCUT2D eigenvalue weighted by Crippen LogP contribution is 2.17. The first-order valence-electron chi connectivity index (χ1n) is 6.10. The lowest BCUT2D eigenvalue weighted by Gasteiger charge is -2.10. The van der Waals surface area contributed by atoms with Crippen LogP contribution in [0.5, 0.6) is 0 Å². The molecule has 2 aromatic rings. The minimum atomic E-state index is -0.328. The number of hydrogen-bond acceptors (Lipinski definition) is 2. The van der Waals surface area contributed by atoms with E-state index >= 15 is 0 Å². The summed E-state index contributed by atoms with van der Waals surface area (Å²) < 4.78 is 12.8. The number of nitrogens with one attached hydrogen (secondary N) is 2. The summed E-state index contributed by atoms with van der Waals surface area (Å²) in [6, 6.07) is 13.0. The van der Waals surface area contributed by atoms with E-state index in [-0.39, 0.29) is 11.7 Å². The van der Waals surface area contributed by atoms with Crippen LogP contribution in [0.15, 0.2) is 48.5 Å². The maximum Gasteiger partial charge on any atom is 0.257 e. The monoisotopic (exact) mass is 258 g/mol. The van der Waals surface area contributed by atoms with E-state index in [1.807, 2.05) is 19.1 Å². The second kappa shape index (κ2) is 6.00. The highest BCUT2D eigenvalue weighted by Gasteiger charge is 2.10. The summed E-state index contributed by atoms with van der Waals surface area (Å²) in [6.45, 7) is 2.70. The van der Waals surface area contributed by atoms with E-state index in [0.29, 0.717) is 11.3 Å². The first-order chi connectivity index (χ1) is 9.20. The molecule has 0 unspecified atom stereocenters. The van der Waals surface area contributed by atoms with Crippen LogP contribution in [0.3, 0.4) is 0 Å². The minimum absolute atomic E-state index is 0.219. The third kappa shape index (κ3) is 3.31. The minimum Gasteiger partial charge on any atom is -0.385 e. The number of anilines is 2. The summed E-state index contributed by atoms with van der Waals surface area (Å²) in [5, 5.41) is 5.87. The number of hydrogen-bond donors (Lipinski definition) is 2. The van der Waals surface area contributed by atoms with Crippen molar-refractivity contribution >= 4 is 17.3 Å². The molecule has 1 amide bonds. The van der Waals surface area contributed by atoms with Gasteiger partial charge in [0.2, 0.25) is 0 Å². The number of amides is 1. The molecule has 0 aliphatic carbocycles. The molecule has 0 aromatic heterocycles. The standard InChI is InChI=1S/C15H15FN2O/c1-2-17-14-6-4-3-5-13(14)15(19)18-12-9-7-11(16)8-10-12/h3-10,17H,2H2,1H3,(H,18,19). The number of halogens is 1. The van der Waals surface area contributed by atoms with E-state index < -0.39 is 0 Å². The van der Waals surface area contributed by atoms with Gasteiger partial charge in [0.25, 0.3) is 5.91 Å². The fourth-order valence-electron chi connectivity index (χ4n) is 1.76. The van der Waals surface area contributed by atoms with E-state index in [9.17, 15) is 9.18 Å². The molecule has 2 N–H and O–H groups in total. The molecule has 0 heterocycles. The van der Waals surface area contributed by atoms with Crippen molar-refractivity contribution in [2.45, 2.75) is 6.92 Å². The molecule has 2 rings (SSSR count). The third-order valence-electron chi connectivity index (χ3n) is 2.64. The molecule has 2 aromatic carbocycles. The van der Waals surface area contributed by atoms with Crippen molar-refractivity contribution in [3.05, 3.63) is 59.9 Å². The molecule has 0 fully saturated rings. The zero-order valence-corrected chi connectivity index (χ0v) is 10.6. The molecular weight excluding hydrogens is 243 g/mol. The van der Waals surface area contributed by atoms with Crippen molar-refractivity contribution in [2.75, 3.05) is 17.2 Å². The molecule has 0 spiro atoms. The molecular formula is C15H15FN2O. The van der Waals surface area contributed by atoms with Crippen LogP contribution in [-0.4, -0.2) is 12.5 Å². The smallest absolute Gasteiger partial charge is 0.257 e. The number of para-hydroxylation sites is 1. The summed E-state index contributed by atoms with van der Waals surface area (Å²) >= 11 is 0. The highest BCUT2D eigenvalue weighted by atomic mass is 19.1. The van der Waals surface area contributed by atoms with Crippen LogP contribution < -0.4 is 10.6 Å². The predicted molar refractivity (Wildman–Crippen MR) is 75.0 cm³/mol. The lowest BCUT2D eigenvalue weighted by atomic mass is 10.1. The second-order valence-electron chi connectivity index (χ2n) is 4.04. The van der Waals surface area contributed by atoms with E-state index in [0.717, 1.165) is 12.2 Å². The van der Waals surface area contributed by atoms with Gasteiger partial charge < -0.3 is 10.6 Å². The first-order valence-corrected chi connectivity index (χ1v) is 6.10. The Morgan fingerprint density at radius 3 is 2.47 bits per heavy atom. The molecule has 0 aliphatic heterocycles. The molecule has 19 heavy (non-hydrogen) atoms. The van der Waals surface area contributed by atoms with Crippen molar-refractivity contribution in [1.29, 1.82) is 0 Å². The van der Waals surface area contributed by atoms with Crippen molar-refractivity contribution in [1.82, 2.24) is 0 Å². The van der Waals surface area contributed by atoms with Gasteiger partial charge in [0, 0.05) is 17.9 Å². The zero-order valence-electron chi connectivity index (χ0n) is 10.6. The van der Waals surface area contributed by atoms with Crippen LogP contribution in [0.1, 0.15) is 17.3 Å². The van der Waals surface area contributed by atoms with Crippen LogP contribution in [0.25, 0.3) is 0 Å². The average Bonchev–Trinajstić information content (AvgIpc) is 2.42. The first kappa shape index (κ1) is 13.1. The van der Waals surface area contributed by atoms with Gasteiger partial charge in [-0.2, -0.15) is 0 Å². The summed E-state index contributed by atoms with van der Waals surface area (Å²) in [4.78, 5) is 12.1. The number of carbonyl (C=O) groups is 1. The summed E-state index contributed by atoms with van der Waals surface area (Å²) in [7, 11) is 0. The third-order valence-corrected chi connectivity index (χ3v) is 2.64. The Morgan fingerprint density at radius 2 is 1.79 bits per heavy atom. The molecule has 0 radical (unpaired) electrons. The summed E-state index contributed by atoms with van der Waals surface area (Å²) in [5.41, 5.74) is 1.91. The van der Waals surface area contributed by atoms with Crippen LogP contribution >= 0.6 is 0 Å². The van der Waals surface area contributed by atoms with Gasteiger partial charge >= 0.3 is 0 Å². The van der Waals surface area contributed by atoms with Crippen LogP contribution in [0.2, 0.25) is 0 Å². The summed E-state index contributed by atoms with van der Waals surface area (Å²) in [6.07, 6.45) is 0. The fourth-order valence-corrected chi connectivity index (χ4v) is 1.76. The lowest BCUT2D eigenvalue weighted by molar-refractivity contribution is 0.102. The van der Waals surface area contributed by atoms with Gasteiger partial charge in [0.1, 0.15) is 5.82 Å². The number of carbonyl (C=O) groups excluding carboxylic acids is 1. The van der Waals surface area contributed by atoms with E-state index in [1.54, 1.807) is 12.1 Å². The Bertz CT molecular complexity index is 567. The predicted octanol–water partition coefficient (Wildman–Crippen LogP) is 3.51. The fraction of sp³-hybridized carbons (Fsp3) is 0.133. The van der Waals surface area contributed by atoms with E-state index in [4.69, 9.17) is 0 Å². The van der Waals surface area contributed by atoms with Crippen LogP contribution in [0, 0.1) is 5.82 Å². The Labute approximate surface area is 111 Å². The molecule has 0 bridgehead atoms. The molecule has 0 saturated heterocycles. The van der Waals surface area contributed by atoms with Gasteiger partial charge in [-0.25, -0.2) is 4.39 Å². The Morgan fingerprint density at radius 1 is 1.11 bits per heavy atom. The maximum atomic E-state index is 12.8. The quantitative estimate of drug-likeness (QED) is 0.881. The SMILES string of the molecule is CCNc1ccccc1C(=O)Nc1ccc(F)cc1. The van der Waals surface area contributed by atoms with Crippen molar-refractivity contribution < 1.29 is 9.18 Å². The van der Waals surface area contributed by atoms with Gasteiger partial charge in [-0.05, 0) is 43.3 Å². The zero-order chi connectivity index (χ0) is 13.7. The number of benzene rings is 2. The normalized spacial score (nSPS) is 10.0. The van der Waals surface area contributed by atoms with Crippen molar-refractivity contribution in [3.8, 4) is 0 Å². The number of rotatable bonds is 4. The Hall–Kier alpha value is -2.36. The van der Waals surface area contributed by atoms with Gasteiger partial charge in [-0.1, -0.05) is 12.1 Å². The molecule has 0 aliphatic rings. The molecule has 98 valence electrons. The van der Waals surface area contributed by atoms with Crippen molar-refractivity contribution in [2.24, 2.45) is 0 Å². The van der Waals surface area contributed by atoms with Crippen LogP contribution in [0.4, 0.5) is 15.8 Å². The van der Waals surface area contributed by atoms with Crippen LogP contribution in [-0.2, 0) is 0 Å². The largest absolute Gasteiger partial charge is 0.385 e. The van der Waals surface area contributed by atoms with Gasteiger partial charge in [-0.3, -0.25) is 4.79 Å². The van der Waals surface area contributed by atoms with E-state index in [2.05, 4.69) is 10.6 Å². The average molecular weight is 258 g/mol. The Balaban J connectivity index is 2.18. The van der Waals surface area contributed by atoms with Crippen molar-refractivity contribution in [3.63, 3.8) is 0 Å². The van der Waals surface area contributed by atoms with E-state index in [1.165, 1.54) is 24.3 Å². The van der Waals surface area contributed by atoms with Gasteiger partial charge in [-0.15, -0.1) is 0 Å².